The lowest BCUT2D eigenvalue weighted by Crippen LogP contribution is -1.98. The largest absolute Gasteiger partial charge is 0.485 e. The molecule has 0 aliphatic heterocycles. The number of nitrogens with zero attached hydrogens (tertiary/aromatic N) is 2. The minimum atomic E-state index is -0.521. The first kappa shape index (κ1) is 15.5. The number of aromatic nitrogens is 2. The predicted octanol–water partition coefficient (Wildman–Crippen LogP) is 4.49. The highest BCUT2D eigenvalue weighted by Gasteiger charge is 2.10. The summed E-state index contributed by atoms with van der Waals surface area (Å²) in [4.78, 5) is 0. The van der Waals surface area contributed by atoms with Crippen LogP contribution in [0.25, 0.3) is 0 Å². The van der Waals surface area contributed by atoms with Crippen molar-refractivity contribution in [3.05, 3.63) is 32.5 Å². The Balaban J connectivity index is 1.98. The fraction of sp³-hybridized carbons (Fsp3) is 0.333. The minimum absolute atomic E-state index is 0.0474. The van der Waals surface area contributed by atoms with Crippen molar-refractivity contribution in [2.45, 2.75) is 20.0 Å². The lowest BCUT2D eigenvalue weighted by molar-refractivity contribution is 0.301. The third-order valence-corrected chi connectivity index (χ3v) is 4.08. The molecule has 0 saturated heterocycles. The Labute approximate surface area is 133 Å². The summed E-state index contributed by atoms with van der Waals surface area (Å²) in [7, 11) is 0. The zero-order valence-electron chi connectivity index (χ0n) is 10.6. The molecule has 20 heavy (non-hydrogen) atoms. The molecule has 1 N–H and O–H groups in total. The molecule has 0 radical (unpaired) electrons. The van der Waals surface area contributed by atoms with Crippen LogP contribution in [-0.4, -0.2) is 16.7 Å². The zero-order chi connectivity index (χ0) is 14.5. The van der Waals surface area contributed by atoms with E-state index < -0.39 is 5.82 Å². The average Bonchev–Trinajstić information content (AvgIpc) is 2.87. The summed E-state index contributed by atoms with van der Waals surface area (Å²) in [6.07, 6.45) is 1.02. The molecule has 8 heteroatoms. The first-order valence-corrected chi connectivity index (χ1v) is 7.92. The van der Waals surface area contributed by atoms with E-state index in [-0.39, 0.29) is 11.6 Å². The maximum Gasteiger partial charge on any atom is 0.205 e. The second-order valence-electron chi connectivity index (χ2n) is 3.91. The van der Waals surface area contributed by atoms with Gasteiger partial charge in [-0.1, -0.05) is 29.9 Å². The van der Waals surface area contributed by atoms with Gasteiger partial charge in [0.15, 0.2) is 5.01 Å². The van der Waals surface area contributed by atoms with E-state index in [9.17, 15) is 4.39 Å². The van der Waals surface area contributed by atoms with Crippen molar-refractivity contribution in [3.8, 4) is 5.75 Å². The molecule has 0 saturated carbocycles. The molecule has 2 rings (SSSR count). The Morgan fingerprint density at radius 1 is 1.45 bits per heavy atom. The number of rotatable bonds is 6. The van der Waals surface area contributed by atoms with Crippen molar-refractivity contribution in [2.75, 3.05) is 11.9 Å². The lowest BCUT2D eigenvalue weighted by Gasteiger charge is -2.07. The summed E-state index contributed by atoms with van der Waals surface area (Å²) in [5.41, 5.74) is 0. The molecule has 1 aromatic heterocycles. The number of ether oxygens (including phenoxy) is 1. The van der Waals surface area contributed by atoms with Crippen molar-refractivity contribution in [2.24, 2.45) is 0 Å². The van der Waals surface area contributed by atoms with Crippen LogP contribution in [0.3, 0.4) is 0 Å². The molecule has 0 fully saturated rings. The van der Waals surface area contributed by atoms with Gasteiger partial charge >= 0.3 is 0 Å². The lowest BCUT2D eigenvalue weighted by atomic mass is 10.3. The van der Waals surface area contributed by atoms with Gasteiger partial charge in [-0.15, -0.1) is 10.2 Å². The maximum absolute atomic E-state index is 13.4. The van der Waals surface area contributed by atoms with Crippen LogP contribution in [0.4, 0.5) is 9.52 Å². The SMILES string of the molecule is CCCNc1nnc(COc2cc(F)c(Cl)cc2Br)s1. The van der Waals surface area contributed by atoms with Gasteiger partial charge in [-0.25, -0.2) is 4.39 Å². The van der Waals surface area contributed by atoms with Gasteiger partial charge in [-0.05, 0) is 28.4 Å². The number of anilines is 1. The first-order chi connectivity index (χ1) is 9.60. The molecule has 1 heterocycles. The number of halogens is 3. The fourth-order valence-corrected chi connectivity index (χ4v) is 2.80. The molecule has 2 aromatic rings. The molecule has 0 aliphatic rings. The highest BCUT2D eigenvalue weighted by molar-refractivity contribution is 9.10. The number of hydrogen-bond donors (Lipinski definition) is 1. The van der Waals surface area contributed by atoms with Crippen LogP contribution in [-0.2, 0) is 6.61 Å². The van der Waals surface area contributed by atoms with Crippen LogP contribution in [0.2, 0.25) is 5.02 Å². The van der Waals surface area contributed by atoms with E-state index in [1.54, 1.807) is 0 Å². The van der Waals surface area contributed by atoms with Crippen LogP contribution in [0.15, 0.2) is 16.6 Å². The van der Waals surface area contributed by atoms with Crippen LogP contribution < -0.4 is 10.1 Å². The molecule has 0 spiro atoms. The van der Waals surface area contributed by atoms with E-state index in [4.69, 9.17) is 16.3 Å². The van der Waals surface area contributed by atoms with Crippen molar-refractivity contribution in [3.63, 3.8) is 0 Å². The van der Waals surface area contributed by atoms with Crippen LogP contribution in [0, 0.1) is 5.82 Å². The second-order valence-corrected chi connectivity index (χ2v) is 6.24. The molecule has 0 amide bonds. The number of nitrogens with one attached hydrogen (secondary N) is 1. The van der Waals surface area contributed by atoms with Crippen molar-refractivity contribution in [1.29, 1.82) is 0 Å². The van der Waals surface area contributed by atoms with Gasteiger partial charge in [-0.3, -0.25) is 0 Å². The topological polar surface area (TPSA) is 47.0 Å². The molecular formula is C12H12BrClFN3OS. The Morgan fingerprint density at radius 2 is 2.25 bits per heavy atom. The van der Waals surface area contributed by atoms with E-state index in [1.807, 2.05) is 0 Å². The summed E-state index contributed by atoms with van der Waals surface area (Å²) in [6, 6.07) is 2.70. The molecule has 0 aliphatic carbocycles. The van der Waals surface area contributed by atoms with Crippen LogP contribution in [0.1, 0.15) is 18.4 Å². The normalized spacial score (nSPS) is 10.6. The standard InChI is InChI=1S/C12H12BrClFN3OS/c1-2-3-16-12-18-17-11(20-12)6-19-10-5-9(15)8(14)4-7(10)13/h4-5H,2-3,6H2,1H3,(H,16,18). The van der Waals surface area contributed by atoms with E-state index in [1.165, 1.54) is 23.5 Å². The Kier molecular flexibility index (Phi) is 5.56. The molecule has 108 valence electrons. The van der Waals surface area contributed by atoms with Gasteiger partial charge in [0.25, 0.3) is 0 Å². The van der Waals surface area contributed by atoms with Crippen molar-refractivity contribution < 1.29 is 9.13 Å². The second kappa shape index (κ2) is 7.19. The van der Waals surface area contributed by atoms with Crippen LogP contribution >= 0.6 is 38.9 Å². The zero-order valence-corrected chi connectivity index (χ0v) is 13.8. The smallest absolute Gasteiger partial charge is 0.205 e. The highest BCUT2D eigenvalue weighted by atomic mass is 79.9. The van der Waals surface area contributed by atoms with E-state index in [0.29, 0.717) is 15.2 Å². The van der Waals surface area contributed by atoms with Crippen molar-refractivity contribution in [1.82, 2.24) is 10.2 Å². The van der Waals surface area contributed by atoms with Gasteiger partial charge < -0.3 is 10.1 Å². The fourth-order valence-electron chi connectivity index (χ4n) is 1.37. The molecular weight excluding hydrogens is 369 g/mol. The third kappa shape index (κ3) is 4.04. The Bertz CT molecular complexity index is 596. The van der Waals surface area contributed by atoms with E-state index in [0.717, 1.165) is 18.1 Å². The summed E-state index contributed by atoms with van der Waals surface area (Å²) in [6.45, 7) is 3.15. The summed E-state index contributed by atoms with van der Waals surface area (Å²) >= 11 is 10.4. The number of benzene rings is 1. The Morgan fingerprint density at radius 3 is 3.00 bits per heavy atom. The average molecular weight is 381 g/mol. The van der Waals surface area contributed by atoms with Crippen LogP contribution in [0.5, 0.6) is 5.75 Å². The first-order valence-electron chi connectivity index (χ1n) is 5.93. The van der Waals surface area contributed by atoms with Gasteiger partial charge in [0.1, 0.15) is 18.2 Å². The summed E-state index contributed by atoms with van der Waals surface area (Å²) in [5.74, 6) is -0.141. The monoisotopic (exact) mass is 379 g/mol. The Hall–Kier alpha value is -0.920. The highest BCUT2D eigenvalue weighted by Crippen LogP contribution is 2.31. The van der Waals surface area contributed by atoms with E-state index in [2.05, 4.69) is 38.4 Å². The van der Waals surface area contributed by atoms with Gasteiger partial charge in [0.05, 0.1) is 9.50 Å². The third-order valence-electron chi connectivity index (χ3n) is 2.32. The minimum Gasteiger partial charge on any atom is -0.485 e. The number of hydrogen-bond acceptors (Lipinski definition) is 5. The van der Waals surface area contributed by atoms with E-state index >= 15 is 0 Å². The van der Waals surface area contributed by atoms with Gasteiger partial charge in [0.2, 0.25) is 5.13 Å². The van der Waals surface area contributed by atoms with Gasteiger partial charge in [0, 0.05) is 12.6 Å². The van der Waals surface area contributed by atoms with Crippen molar-refractivity contribution >= 4 is 44.0 Å². The predicted molar refractivity (Wildman–Crippen MR) is 82.1 cm³/mol. The molecule has 0 unspecified atom stereocenters. The molecule has 1 aromatic carbocycles. The molecule has 4 nitrogen and oxygen atoms in total. The summed E-state index contributed by atoms with van der Waals surface area (Å²) < 4.78 is 19.5. The quantitative estimate of drug-likeness (QED) is 0.750. The molecule has 0 atom stereocenters. The molecule has 0 bridgehead atoms. The maximum atomic E-state index is 13.4. The summed E-state index contributed by atoms with van der Waals surface area (Å²) in [5, 5.41) is 12.7. The van der Waals surface area contributed by atoms with Gasteiger partial charge in [-0.2, -0.15) is 0 Å².